The van der Waals surface area contributed by atoms with E-state index in [1.165, 1.54) is 17.1 Å². The molecule has 0 unspecified atom stereocenters. The molecule has 1 aliphatic rings. The monoisotopic (exact) mass is 264 g/mol. The minimum Gasteiger partial charge on any atom is -0.383 e. The number of rotatable bonds is 9. The van der Waals surface area contributed by atoms with Crippen molar-refractivity contribution >= 4 is 10.0 Å². The van der Waals surface area contributed by atoms with E-state index in [1.54, 1.807) is 7.11 Å². The van der Waals surface area contributed by atoms with Gasteiger partial charge in [-0.1, -0.05) is 0 Å². The summed E-state index contributed by atoms with van der Waals surface area (Å²) in [5.74, 6) is 0.172. The molecule has 0 heterocycles. The molecule has 1 N–H and O–H groups in total. The highest BCUT2D eigenvalue weighted by Gasteiger charge is 2.26. The van der Waals surface area contributed by atoms with E-state index in [2.05, 4.69) is 5.32 Å². The van der Waals surface area contributed by atoms with Crippen LogP contribution in [0.4, 0.5) is 0 Å². The normalized spacial score (nSPS) is 17.0. The first kappa shape index (κ1) is 14.9. The van der Waals surface area contributed by atoms with Gasteiger partial charge in [-0.3, -0.25) is 0 Å². The molecule has 0 spiro atoms. The van der Waals surface area contributed by atoms with Crippen molar-refractivity contribution < 1.29 is 13.2 Å². The van der Waals surface area contributed by atoms with Crippen molar-refractivity contribution in [2.75, 3.05) is 32.6 Å². The Labute approximate surface area is 105 Å². The van der Waals surface area contributed by atoms with Crippen LogP contribution in [0.2, 0.25) is 0 Å². The van der Waals surface area contributed by atoms with E-state index in [4.69, 9.17) is 4.74 Å². The van der Waals surface area contributed by atoms with Crippen molar-refractivity contribution in [3.63, 3.8) is 0 Å². The Kier molecular flexibility index (Phi) is 5.85. The molecule has 0 saturated heterocycles. The molecule has 102 valence electrons. The molecule has 1 rings (SSSR count). The van der Waals surface area contributed by atoms with Gasteiger partial charge in [-0.15, -0.1) is 0 Å². The lowest BCUT2D eigenvalue weighted by Crippen LogP contribution is -2.42. The minimum atomic E-state index is -3.17. The lowest BCUT2D eigenvalue weighted by atomic mass is 10.4. The number of nitrogens with zero attached hydrogens (tertiary/aromatic N) is 1. The van der Waals surface area contributed by atoms with Crippen molar-refractivity contribution in [1.29, 1.82) is 0 Å². The Hall–Kier alpha value is -0.170. The maximum Gasteiger partial charge on any atom is 0.215 e. The molecular formula is C11H24N2O3S. The van der Waals surface area contributed by atoms with Crippen LogP contribution in [0.3, 0.4) is 0 Å². The first-order valence-corrected chi connectivity index (χ1v) is 7.80. The topological polar surface area (TPSA) is 58.6 Å². The molecule has 0 aliphatic heterocycles. The molecule has 1 fully saturated rings. The Balaban J connectivity index is 2.43. The van der Waals surface area contributed by atoms with Crippen LogP contribution in [0.15, 0.2) is 0 Å². The third-order valence-corrected chi connectivity index (χ3v) is 4.86. The van der Waals surface area contributed by atoms with Crippen molar-refractivity contribution in [3.8, 4) is 0 Å². The number of sulfonamides is 1. The molecule has 5 nitrogen and oxygen atoms in total. The Morgan fingerprint density at radius 1 is 1.41 bits per heavy atom. The lowest BCUT2D eigenvalue weighted by molar-refractivity contribution is 0.171. The van der Waals surface area contributed by atoms with Gasteiger partial charge in [0.25, 0.3) is 0 Å². The predicted molar refractivity (Wildman–Crippen MR) is 68.5 cm³/mol. The van der Waals surface area contributed by atoms with E-state index >= 15 is 0 Å². The summed E-state index contributed by atoms with van der Waals surface area (Å²) in [4.78, 5) is 0. The molecular weight excluding hydrogens is 240 g/mol. The quantitative estimate of drug-likeness (QED) is 0.656. The van der Waals surface area contributed by atoms with Gasteiger partial charge in [-0.05, 0) is 26.7 Å². The van der Waals surface area contributed by atoms with E-state index in [-0.39, 0.29) is 11.8 Å². The first-order valence-electron chi connectivity index (χ1n) is 6.19. The Morgan fingerprint density at radius 3 is 2.53 bits per heavy atom. The second kappa shape index (κ2) is 6.68. The largest absolute Gasteiger partial charge is 0.383 e. The number of nitrogens with one attached hydrogen (secondary N) is 1. The summed E-state index contributed by atoms with van der Waals surface area (Å²) in [6.45, 7) is 5.19. The smallest absolute Gasteiger partial charge is 0.215 e. The molecule has 6 heteroatoms. The second-order valence-corrected chi connectivity index (χ2v) is 6.78. The van der Waals surface area contributed by atoms with Gasteiger partial charge in [0.05, 0.1) is 12.4 Å². The second-order valence-electron chi connectivity index (χ2n) is 4.74. The van der Waals surface area contributed by atoms with Crippen LogP contribution in [-0.4, -0.2) is 57.4 Å². The number of hydrogen-bond acceptors (Lipinski definition) is 4. The number of hydrogen-bond donors (Lipinski definition) is 1. The van der Waals surface area contributed by atoms with Gasteiger partial charge in [0.1, 0.15) is 0 Å². The number of methoxy groups -OCH3 is 1. The molecule has 0 aromatic rings. The fourth-order valence-electron chi connectivity index (χ4n) is 1.70. The third-order valence-electron chi connectivity index (χ3n) is 2.82. The van der Waals surface area contributed by atoms with Crippen LogP contribution in [-0.2, 0) is 14.8 Å². The van der Waals surface area contributed by atoms with Gasteiger partial charge in [-0.25, -0.2) is 8.42 Å². The molecule has 0 atom stereocenters. The SMILES string of the molecule is COCCN(C(C)C)S(=O)(=O)CCNC1CC1. The van der Waals surface area contributed by atoms with Crippen molar-refractivity contribution in [2.24, 2.45) is 0 Å². The fraction of sp³-hybridized carbons (Fsp3) is 1.00. The predicted octanol–water partition coefficient (Wildman–Crippen LogP) is 0.425. The van der Waals surface area contributed by atoms with Crippen molar-refractivity contribution in [1.82, 2.24) is 9.62 Å². The molecule has 0 aromatic heterocycles. The zero-order valence-corrected chi connectivity index (χ0v) is 11.8. The average molecular weight is 264 g/mol. The summed E-state index contributed by atoms with van der Waals surface area (Å²) in [5, 5.41) is 3.23. The summed E-state index contributed by atoms with van der Waals surface area (Å²) in [5.41, 5.74) is 0. The highest BCUT2D eigenvalue weighted by Crippen LogP contribution is 2.18. The van der Waals surface area contributed by atoms with Gasteiger partial charge in [0, 0.05) is 32.3 Å². The minimum absolute atomic E-state index is 0.0175. The van der Waals surface area contributed by atoms with Crippen LogP contribution in [0.25, 0.3) is 0 Å². The highest BCUT2D eigenvalue weighted by molar-refractivity contribution is 7.89. The summed E-state index contributed by atoms with van der Waals surface area (Å²) < 4.78 is 30.7. The van der Waals surface area contributed by atoms with Gasteiger partial charge in [0.2, 0.25) is 10.0 Å². The summed E-state index contributed by atoms with van der Waals surface area (Å²) in [6, 6.07) is 0.535. The molecule has 0 aromatic carbocycles. The molecule has 0 bridgehead atoms. The summed E-state index contributed by atoms with van der Waals surface area (Å²) in [7, 11) is -1.59. The van der Waals surface area contributed by atoms with Gasteiger partial charge in [-0.2, -0.15) is 4.31 Å². The van der Waals surface area contributed by atoms with Crippen LogP contribution in [0.5, 0.6) is 0 Å². The third kappa shape index (κ3) is 5.33. The summed E-state index contributed by atoms with van der Waals surface area (Å²) in [6.07, 6.45) is 2.36. The summed E-state index contributed by atoms with van der Waals surface area (Å²) >= 11 is 0. The van der Waals surface area contributed by atoms with Crippen LogP contribution in [0.1, 0.15) is 26.7 Å². The Bertz CT molecular complexity index is 313. The van der Waals surface area contributed by atoms with E-state index in [9.17, 15) is 8.42 Å². The van der Waals surface area contributed by atoms with E-state index in [0.29, 0.717) is 25.7 Å². The van der Waals surface area contributed by atoms with Crippen LogP contribution < -0.4 is 5.32 Å². The van der Waals surface area contributed by atoms with Gasteiger partial charge < -0.3 is 10.1 Å². The number of ether oxygens (including phenoxy) is 1. The Morgan fingerprint density at radius 2 is 2.06 bits per heavy atom. The van der Waals surface area contributed by atoms with E-state index in [0.717, 1.165) is 0 Å². The maximum atomic E-state index is 12.1. The first-order chi connectivity index (χ1) is 7.97. The molecule has 1 saturated carbocycles. The molecule has 17 heavy (non-hydrogen) atoms. The van der Waals surface area contributed by atoms with E-state index < -0.39 is 10.0 Å². The zero-order valence-electron chi connectivity index (χ0n) is 11.0. The zero-order chi connectivity index (χ0) is 12.9. The molecule has 0 radical (unpaired) electrons. The van der Waals surface area contributed by atoms with E-state index in [1.807, 2.05) is 13.8 Å². The highest BCUT2D eigenvalue weighted by atomic mass is 32.2. The average Bonchev–Trinajstić information content (AvgIpc) is 3.01. The standard InChI is InChI=1S/C11H24N2O3S/c1-10(2)13(7-8-16-3)17(14,15)9-6-12-11-4-5-11/h10-12H,4-9H2,1-3H3. The van der Waals surface area contributed by atoms with Crippen LogP contribution >= 0.6 is 0 Å². The lowest BCUT2D eigenvalue weighted by Gasteiger charge is -2.25. The fourth-order valence-corrected chi connectivity index (χ4v) is 3.30. The molecule has 1 aliphatic carbocycles. The van der Waals surface area contributed by atoms with Crippen LogP contribution in [0, 0.1) is 0 Å². The molecule has 0 amide bonds. The van der Waals surface area contributed by atoms with Crippen molar-refractivity contribution in [2.45, 2.75) is 38.8 Å². The maximum absolute atomic E-state index is 12.1. The van der Waals surface area contributed by atoms with Crippen molar-refractivity contribution in [3.05, 3.63) is 0 Å². The van der Waals surface area contributed by atoms with Gasteiger partial charge in [0.15, 0.2) is 0 Å². The van der Waals surface area contributed by atoms with Gasteiger partial charge >= 0.3 is 0 Å².